The lowest BCUT2D eigenvalue weighted by atomic mass is 9.98. The van der Waals surface area contributed by atoms with Gasteiger partial charge < -0.3 is 9.72 Å². The first-order valence-corrected chi connectivity index (χ1v) is 9.59. The number of aromatic amines is 1. The molecule has 3 nitrogen and oxygen atoms in total. The molecule has 0 atom stereocenters. The summed E-state index contributed by atoms with van der Waals surface area (Å²) < 4.78 is 69.0. The molecule has 0 aliphatic heterocycles. The highest BCUT2D eigenvalue weighted by Crippen LogP contribution is 2.30. The van der Waals surface area contributed by atoms with E-state index in [4.69, 9.17) is 11.6 Å². The summed E-state index contributed by atoms with van der Waals surface area (Å²) in [5, 5.41) is -1.10. The lowest BCUT2D eigenvalue weighted by Gasteiger charge is -2.11. The molecule has 9 heteroatoms. The van der Waals surface area contributed by atoms with Gasteiger partial charge in [-0.3, -0.25) is 4.79 Å². The molecule has 0 spiro atoms. The molecule has 164 valence electrons. The number of benzene rings is 3. The van der Waals surface area contributed by atoms with Gasteiger partial charge in [-0.15, -0.1) is 13.2 Å². The highest BCUT2D eigenvalue weighted by Gasteiger charge is 2.31. The van der Waals surface area contributed by atoms with E-state index < -0.39 is 28.4 Å². The number of halogens is 6. The average Bonchev–Trinajstić information content (AvgIpc) is 2.72. The quantitative estimate of drug-likeness (QED) is 0.261. The molecular formula is C23H13ClF5NO2. The largest absolute Gasteiger partial charge is 0.573 e. The topological polar surface area (TPSA) is 42.1 Å². The molecule has 1 N–H and O–H groups in total. The van der Waals surface area contributed by atoms with Gasteiger partial charge in [0.1, 0.15) is 16.6 Å². The Bertz CT molecular complexity index is 1380. The lowest BCUT2D eigenvalue weighted by Crippen LogP contribution is -2.16. The van der Waals surface area contributed by atoms with E-state index in [0.29, 0.717) is 22.4 Å². The Kier molecular flexibility index (Phi) is 5.42. The summed E-state index contributed by atoms with van der Waals surface area (Å²) in [6, 6.07) is 12.9. The van der Waals surface area contributed by atoms with Crippen LogP contribution in [0.25, 0.3) is 33.2 Å². The van der Waals surface area contributed by atoms with Crippen molar-refractivity contribution in [3.63, 3.8) is 0 Å². The standard InChI is InChI=1S/C23H13ClF5NO2/c1-11-18(22(31)19-17(30-11)10-16(25)20(24)21(19)26)14-4-2-12(3-5-14)13-6-8-15(9-7-13)32-23(27,28)29/h2-10H,1H3,(H,30,31). The molecule has 0 radical (unpaired) electrons. The lowest BCUT2D eigenvalue weighted by molar-refractivity contribution is -0.274. The van der Waals surface area contributed by atoms with E-state index >= 15 is 0 Å². The number of nitrogens with one attached hydrogen (secondary N) is 1. The van der Waals surface area contributed by atoms with Crippen molar-refractivity contribution in [1.82, 2.24) is 4.98 Å². The highest BCUT2D eigenvalue weighted by atomic mass is 35.5. The summed E-state index contributed by atoms with van der Waals surface area (Å²) in [5.74, 6) is -2.45. The number of hydrogen-bond donors (Lipinski definition) is 1. The molecule has 4 aromatic rings. The summed E-state index contributed by atoms with van der Waals surface area (Å²) in [6.45, 7) is 1.61. The van der Waals surface area contributed by atoms with Crippen molar-refractivity contribution in [2.24, 2.45) is 0 Å². The van der Waals surface area contributed by atoms with Gasteiger partial charge in [-0.05, 0) is 41.8 Å². The molecule has 0 amide bonds. The number of rotatable bonds is 3. The maximum Gasteiger partial charge on any atom is 0.573 e. The third-order valence-electron chi connectivity index (χ3n) is 4.91. The van der Waals surface area contributed by atoms with Crippen molar-refractivity contribution in [2.75, 3.05) is 0 Å². The van der Waals surface area contributed by atoms with Crippen LogP contribution in [0.5, 0.6) is 5.75 Å². The second kappa shape index (κ2) is 7.94. The fourth-order valence-electron chi connectivity index (χ4n) is 3.50. The van der Waals surface area contributed by atoms with Crippen molar-refractivity contribution in [1.29, 1.82) is 0 Å². The van der Waals surface area contributed by atoms with Gasteiger partial charge in [-0.25, -0.2) is 8.78 Å². The molecule has 1 heterocycles. The molecule has 0 aliphatic rings. The van der Waals surface area contributed by atoms with Crippen molar-refractivity contribution in [3.8, 4) is 28.0 Å². The zero-order valence-corrected chi connectivity index (χ0v) is 17.0. The Morgan fingerprint density at radius 1 is 0.906 bits per heavy atom. The first-order chi connectivity index (χ1) is 15.0. The van der Waals surface area contributed by atoms with Gasteiger partial charge in [0.15, 0.2) is 11.2 Å². The van der Waals surface area contributed by atoms with Gasteiger partial charge in [-0.1, -0.05) is 48.0 Å². The minimum atomic E-state index is -4.77. The molecule has 0 aliphatic carbocycles. The Labute approximate surface area is 183 Å². The van der Waals surface area contributed by atoms with E-state index in [-0.39, 0.29) is 22.2 Å². The van der Waals surface area contributed by atoms with E-state index in [1.807, 2.05) is 0 Å². The Morgan fingerprint density at radius 3 is 2.00 bits per heavy atom. The number of pyridine rings is 1. The van der Waals surface area contributed by atoms with E-state index in [9.17, 15) is 26.7 Å². The number of hydrogen-bond acceptors (Lipinski definition) is 2. The monoisotopic (exact) mass is 465 g/mol. The van der Waals surface area contributed by atoms with Gasteiger partial charge in [0.2, 0.25) is 0 Å². The van der Waals surface area contributed by atoms with Crippen LogP contribution in [-0.2, 0) is 0 Å². The number of fused-ring (bicyclic) bond motifs is 1. The predicted octanol–water partition coefficient (Wildman–Crippen LogP) is 7.00. The van der Waals surface area contributed by atoms with Crippen molar-refractivity contribution in [3.05, 3.63) is 87.2 Å². The van der Waals surface area contributed by atoms with Crippen molar-refractivity contribution < 1.29 is 26.7 Å². The molecule has 32 heavy (non-hydrogen) atoms. The number of aryl methyl sites for hydroxylation is 1. The smallest absolute Gasteiger partial charge is 0.406 e. The summed E-state index contributed by atoms with van der Waals surface area (Å²) in [5.41, 5.74) is 1.74. The van der Waals surface area contributed by atoms with Crippen LogP contribution in [0.2, 0.25) is 5.02 Å². The Balaban J connectivity index is 1.73. The zero-order chi connectivity index (χ0) is 23.2. The first-order valence-electron chi connectivity index (χ1n) is 9.22. The van der Waals surface area contributed by atoms with Crippen LogP contribution in [0.15, 0.2) is 59.4 Å². The third kappa shape index (κ3) is 4.05. The average molecular weight is 466 g/mol. The number of H-pyrrole nitrogens is 1. The summed E-state index contributed by atoms with van der Waals surface area (Å²) >= 11 is 5.63. The summed E-state index contributed by atoms with van der Waals surface area (Å²) in [6.07, 6.45) is -4.77. The van der Waals surface area contributed by atoms with Crippen LogP contribution in [0.4, 0.5) is 22.0 Å². The molecule has 4 rings (SSSR count). The summed E-state index contributed by atoms with van der Waals surface area (Å²) in [4.78, 5) is 15.8. The fourth-order valence-corrected chi connectivity index (χ4v) is 3.65. The van der Waals surface area contributed by atoms with Crippen LogP contribution in [0.3, 0.4) is 0 Å². The van der Waals surface area contributed by atoms with Gasteiger partial charge in [0.05, 0.1) is 10.9 Å². The number of alkyl halides is 3. The first kappa shape index (κ1) is 21.8. The molecule has 0 bridgehead atoms. The van der Waals surface area contributed by atoms with E-state index in [2.05, 4.69) is 9.72 Å². The maximum absolute atomic E-state index is 14.5. The fraction of sp³-hybridized carbons (Fsp3) is 0.0870. The molecule has 0 saturated heterocycles. The molecule has 0 unspecified atom stereocenters. The van der Waals surface area contributed by atoms with Crippen LogP contribution in [-0.4, -0.2) is 11.3 Å². The van der Waals surface area contributed by atoms with Crippen LogP contribution in [0, 0.1) is 18.6 Å². The number of ether oxygens (including phenoxy) is 1. The Morgan fingerprint density at radius 2 is 1.44 bits per heavy atom. The second-order valence-electron chi connectivity index (χ2n) is 7.01. The van der Waals surface area contributed by atoms with Crippen molar-refractivity contribution in [2.45, 2.75) is 13.3 Å². The number of aromatic nitrogens is 1. The van der Waals surface area contributed by atoms with Gasteiger partial charge in [0, 0.05) is 11.3 Å². The van der Waals surface area contributed by atoms with Gasteiger partial charge in [0.25, 0.3) is 0 Å². The summed E-state index contributed by atoms with van der Waals surface area (Å²) in [7, 11) is 0. The molecule has 0 fully saturated rings. The van der Waals surface area contributed by atoms with Crippen LogP contribution in [0.1, 0.15) is 5.69 Å². The minimum Gasteiger partial charge on any atom is -0.406 e. The van der Waals surface area contributed by atoms with Crippen molar-refractivity contribution >= 4 is 22.5 Å². The molecular weight excluding hydrogens is 453 g/mol. The normalized spacial score (nSPS) is 11.7. The maximum atomic E-state index is 14.5. The predicted molar refractivity (Wildman–Crippen MR) is 112 cm³/mol. The zero-order valence-electron chi connectivity index (χ0n) is 16.3. The third-order valence-corrected chi connectivity index (χ3v) is 5.25. The van der Waals surface area contributed by atoms with Crippen LogP contribution >= 0.6 is 11.6 Å². The highest BCUT2D eigenvalue weighted by molar-refractivity contribution is 6.31. The van der Waals surface area contributed by atoms with Gasteiger partial charge in [-0.2, -0.15) is 0 Å². The molecule has 1 aromatic heterocycles. The van der Waals surface area contributed by atoms with Gasteiger partial charge >= 0.3 is 6.36 Å². The van der Waals surface area contributed by atoms with E-state index in [0.717, 1.165) is 6.07 Å². The molecule has 0 saturated carbocycles. The van der Waals surface area contributed by atoms with Crippen LogP contribution < -0.4 is 10.2 Å². The minimum absolute atomic E-state index is 0.00608. The molecule has 3 aromatic carbocycles. The SMILES string of the molecule is Cc1[nH]c2cc(F)c(Cl)c(F)c2c(=O)c1-c1ccc(-c2ccc(OC(F)(F)F)cc2)cc1. The van der Waals surface area contributed by atoms with E-state index in [1.54, 1.807) is 31.2 Å². The van der Waals surface area contributed by atoms with E-state index in [1.165, 1.54) is 24.3 Å². The Hall–Kier alpha value is -3.39. The second-order valence-corrected chi connectivity index (χ2v) is 7.39.